The fourth-order valence-corrected chi connectivity index (χ4v) is 3.47. The lowest BCUT2D eigenvalue weighted by molar-refractivity contribution is -0.121. The summed E-state index contributed by atoms with van der Waals surface area (Å²) in [6, 6.07) is 12.7. The van der Waals surface area contributed by atoms with E-state index in [1.165, 1.54) is 11.8 Å². The summed E-state index contributed by atoms with van der Waals surface area (Å²) in [7, 11) is 0. The van der Waals surface area contributed by atoms with Crippen LogP contribution in [0.5, 0.6) is 5.75 Å². The second-order valence-electron chi connectivity index (χ2n) is 8.17. The van der Waals surface area contributed by atoms with Crippen LogP contribution in [0.25, 0.3) is 0 Å². The first-order valence-electron chi connectivity index (χ1n) is 10.7. The molecule has 1 aliphatic heterocycles. The standard InChI is InChI=1S/C23H26ClN5O5/c1-14(2)34-19-10-8-18(9-11-19)25-21-26-22(31)29(12-15(3)20(30)27-33)23(32)28(21)13-16-4-6-17(24)7-5-16/h4-11,14-15,21,25H,12-13H2,1-3H3,(H,26,31)/t15-,21?/m0/s1. The molecule has 1 heterocycles. The first kappa shape index (κ1) is 25.0. The van der Waals surface area contributed by atoms with Crippen molar-refractivity contribution >= 4 is 35.3 Å². The minimum Gasteiger partial charge on any atom is -0.491 e. The molecule has 0 spiro atoms. The predicted octanol–water partition coefficient (Wildman–Crippen LogP) is 4.40. The first-order chi connectivity index (χ1) is 16.2. The topological polar surface area (TPSA) is 120 Å². The fourth-order valence-electron chi connectivity index (χ4n) is 3.35. The Balaban J connectivity index is 1.83. The molecule has 180 valence electrons. The van der Waals surface area contributed by atoms with Crippen molar-refractivity contribution in [1.82, 2.24) is 15.1 Å². The quantitative estimate of drug-likeness (QED) is 0.506. The zero-order chi connectivity index (χ0) is 24.8. The largest absolute Gasteiger partial charge is 0.491 e. The number of carbonyl (C=O) groups excluding carboxylic acids is 3. The highest BCUT2D eigenvalue weighted by Gasteiger charge is 2.39. The van der Waals surface area contributed by atoms with Crippen molar-refractivity contribution in [2.24, 2.45) is 11.1 Å². The van der Waals surface area contributed by atoms with Gasteiger partial charge >= 0.3 is 12.1 Å². The van der Waals surface area contributed by atoms with Gasteiger partial charge in [-0.2, -0.15) is 0 Å². The monoisotopic (exact) mass is 487 g/mol. The molecule has 10 nitrogen and oxygen atoms in total. The van der Waals surface area contributed by atoms with E-state index < -0.39 is 30.2 Å². The maximum Gasteiger partial charge on any atom is 0.331 e. The second-order valence-corrected chi connectivity index (χ2v) is 8.60. The van der Waals surface area contributed by atoms with Gasteiger partial charge in [0.2, 0.25) is 0 Å². The number of amides is 5. The van der Waals surface area contributed by atoms with Crippen molar-refractivity contribution in [1.29, 1.82) is 0 Å². The molecule has 2 atom stereocenters. The molecule has 2 aromatic rings. The van der Waals surface area contributed by atoms with E-state index in [4.69, 9.17) is 16.3 Å². The average Bonchev–Trinajstić information content (AvgIpc) is 2.80. The van der Waals surface area contributed by atoms with Crippen LogP contribution in [0.4, 0.5) is 15.3 Å². The van der Waals surface area contributed by atoms with E-state index in [9.17, 15) is 19.3 Å². The molecule has 2 aromatic carbocycles. The van der Waals surface area contributed by atoms with Gasteiger partial charge in [-0.3, -0.25) is 15.0 Å². The minimum absolute atomic E-state index is 0.0265. The number of hydrogen-bond donors (Lipinski definition) is 2. The van der Waals surface area contributed by atoms with E-state index in [1.807, 2.05) is 13.8 Å². The summed E-state index contributed by atoms with van der Waals surface area (Å²) in [6.07, 6.45) is -0.849. The number of benzene rings is 2. The highest BCUT2D eigenvalue weighted by Crippen LogP contribution is 2.22. The number of nitrogens with zero attached hydrogens (tertiary/aromatic N) is 3. The molecule has 1 aliphatic rings. The van der Waals surface area contributed by atoms with Gasteiger partial charge in [-0.1, -0.05) is 30.7 Å². The Kier molecular flexibility index (Phi) is 8.06. The Labute approximate surface area is 202 Å². The summed E-state index contributed by atoms with van der Waals surface area (Å²) in [4.78, 5) is 50.5. The normalized spacial score (nSPS) is 16.8. The van der Waals surface area contributed by atoms with E-state index in [-0.39, 0.29) is 19.2 Å². The molecular weight excluding hydrogens is 462 g/mol. The SMILES string of the molecule is CC(C)Oc1ccc(NC2NC(=O)N(C[C@H](C)C(=O)N=O)C(=O)N2Cc2ccc(Cl)cc2)cc1. The van der Waals surface area contributed by atoms with Crippen molar-refractivity contribution in [3.63, 3.8) is 0 Å². The highest BCUT2D eigenvalue weighted by molar-refractivity contribution is 6.30. The third-order valence-corrected chi connectivity index (χ3v) is 5.31. The van der Waals surface area contributed by atoms with Gasteiger partial charge in [0.15, 0.2) is 6.29 Å². The molecule has 0 aliphatic carbocycles. The zero-order valence-electron chi connectivity index (χ0n) is 19.0. The summed E-state index contributed by atoms with van der Waals surface area (Å²) in [5.74, 6) is -1.17. The van der Waals surface area contributed by atoms with Gasteiger partial charge in [0, 0.05) is 22.4 Å². The Morgan fingerprint density at radius 3 is 2.35 bits per heavy atom. The molecule has 0 aromatic heterocycles. The highest BCUT2D eigenvalue weighted by atomic mass is 35.5. The smallest absolute Gasteiger partial charge is 0.331 e. The van der Waals surface area contributed by atoms with Crippen LogP contribution >= 0.6 is 11.6 Å². The molecule has 1 unspecified atom stereocenters. The van der Waals surface area contributed by atoms with Crippen LogP contribution in [0.15, 0.2) is 53.7 Å². The summed E-state index contributed by atoms with van der Waals surface area (Å²) in [5.41, 5.74) is 1.43. The van der Waals surface area contributed by atoms with Crippen LogP contribution in [0.1, 0.15) is 26.3 Å². The molecular formula is C23H26ClN5O5. The second kappa shape index (κ2) is 11.0. The van der Waals surface area contributed by atoms with Crippen LogP contribution in [0.3, 0.4) is 0 Å². The van der Waals surface area contributed by atoms with Crippen molar-refractivity contribution < 1.29 is 19.1 Å². The zero-order valence-corrected chi connectivity index (χ0v) is 19.8. The first-order valence-corrected chi connectivity index (χ1v) is 11.1. The summed E-state index contributed by atoms with van der Waals surface area (Å²) < 4.78 is 5.65. The summed E-state index contributed by atoms with van der Waals surface area (Å²) in [5, 5.41) is 8.82. The maximum absolute atomic E-state index is 13.3. The molecule has 34 heavy (non-hydrogen) atoms. The van der Waals surface area contributed by atoms with Gasteiger partial charge < -0.3 is 10.1 Å². The fraction of sp³-hybridized carbons (Fsp3) is 0.348. The number of carbonyl (C=O) groups is 3. The van der Waals surface area contributed by atoms with Gasteiger partial charge in [0.25, 0.3) is 5.91 Å². The van der Waals surface area contributed by atoms with E-state index in [0.29, 0.717) is 16.5 Å². The van der Waals surface area contributed by atoms with Crippen molar-refractivity contribution in [3.05, 3.63) is 64.0 Å². The number of anilines is 1. The molecule has 2 N–H and O–H groups in total. The molecule has 0 bridgehead atoms. The molecule has 5 amide bonds. The van der Waals surface area contributed by atoms with Crippen LogP contribution in [-0.4, -0.2) is 46.7 Å². The maximum atomic E-state index is 13.3. The molecule has 0 radical (unpaired) electrons. The predicted molar refractivity (Wildman–Crippen MR) is 127 cm³/mol. The van der Waals surface area contributed by atoms with Gasteiger partial charge in [0.05, 0.1) is 18.6 Å². The lowest BCUT2D eigenvalue weighted by atomic mass is 10.1. The van der Waals surface area contributed by atoms with E-state index in [2.05, 4.69) is 15.8 Å². The van der Waals surface area contributed by atoms with E-state index >= 15 is 0 Å². The number of nitrogens with one attached hydrogen (secondary N) is 2. The third-order valence-electron chi connectivity index (χ3n) is 5.06. The number of urea groups is 2. The Bertz CT molecular complexity index is 1040. The molecule has 0 saturated carbocycles. The molecule has 1 saturated heterocycles. The molecule has 11 heteroatoms. The van der Waals surface area contributed by atoms with Crippen molar-refractivity contribution in [2.45, 2.75) is 39.7 Å². The minimum atomic E-state index is -0.936. The Hall–Kier alpha value is -3.66. The Morgan fingerprint density at radius 1 is 1.12 bits per heavy atom. The Morgan fingerprint density at radius 2 is 1.76 bits per heavy atom. The number of nitroso groups, excluding NO2 is 1. The van der Waals surface area contributed by atoms with Crippen LogP contribution < -0.4 is 15.4 Å². The lowest BCUT2D eigenvalue weighted by Gasteiger charge is -2.41. The summed E-state index contributed by atoms with van der Waals surface area (Å²) >= 11 is 5.97. The average molecular weight is 488 g/mol. The number of hydrogen-bond acceptors (Lipinski definition) is 6. The molecule has 3 rings (SSSR count). The van der Waals surface area contributed by atoms with Gasteiger partial charge in [-0.25, -0.2) is 14.5 Å². The van der Waals surface area contributed by atoms with Gasteiger partial charge in [-0.15, -0.1) is 4.91 Å². The number of rotatable bonds is 9. The lowest BCUT2D eigenvalue weighted by Crippen LogP contribution is -2.67. The van der Waals surface area contributed by atoms with Gasteiger partial charge in [0.1, 0.15) is 5.75 Å². The van der Waals surface area contributed by atoms with E-state index in [0.717, 1.165) is 10.5 Å². The van der Waals surface area contributed by atoms with Gasteiger partial charge in [-0.05, 0) is 55.8 Å². The van der Waals surface area contributed by atoms with E-state index in [1.54, 1.807) is 48.5 Å². The summed E-state index contributed by atoms with van der Waals surface area (Å²) in [6.45, 7) is 5.15. The third kappa shape index (κ3) is 6.22. The number of imide groups is 1. The van der Waals surface area contributed by atoms with Crippen molar-refractivity contribution in [3.8, 4) is 5.75 Å². The van der Waals surface area contributed by atoms with Crippen LogP contribution in [0.2, 0.25) is 5.02 Å². The van der Waals surface area contributed by atoms with Crippen molar-refractivity contribution in [2.75, 3.05) is 11.9 Å². The van der Waals surface area contributed by atoms with Crippen LogP contribution in [0, 0.1) is 10.8 Å². The van der Waals surface area contributed by atoms with Crippen LogP contribution in [-0.2, 0) is 11.3 Å². The molecule has 1 fully saturated rings. The number of halogens is 1. The number of ether oxygens (including phenoxy) is 1.